The van der Waals surface area contributed by atoms with E-state index in [0.29, 0.717) is 27.5 Å². The van der Waals surface area contributed by atoms with Crippen LogP contribution in [0, 0.1) is 0 Å². The van der Waals surface area contributed by atoms with Gasteiger partial charge in [0.25, 0.3) is 0 Å². The summed E-state index contributed by atoms with van der Waals surface area (Å²) < 4.78 is 1.89. The molecule has 154 valence electrons. The molecule has 4 N–H and O–H groups in total. The summed E-state index contributed by atoms with van der Waals surface area (Å²) in [6.07, 6.45) is 0.969. The average Bonchev–Trinajstić information content (AvgIpc) is 2.70. The maximum absolute atomic E-state index is 13.4. The van der Waals surface area contributed by atoms with Crippen molar-refractivity contribution in [1.82, 2.24) is 9.47 Å². The number of nitrogens with zero attached hydrogens (tertiary/aromatic N) is 2. The molecule has 6 heteroatoms. The molecule has 0 unspecified atom stereocenters. The number of fused-ring (bicyclic) bond motifs is 2. The van der Waals surface area contributed by atoms with Crippen molar-refractivity contribution in [3.8, 4) is 5.75 Å². The van der Waals surface area contributed by atoms with Gasteiger partial charge in [-0.05, 0) is 63.3 Å². The van der Waals surface area contributed by atoms with Crippen molar-refractivity contribution < 1.29 is 5.11 Å². The van der Waals surface area contributed by atoms with E-state index in [0.717, 1.165) is 44.0 Å². The fraction of sp³-hybridized carbons (Fsp3) is 0.348. The predicted octanol–water partition coefficient (Wildman–Crippen LogP) is 4.08. The summed E-state index contributed by atoms with van der Waals surface area (Å²) in [7, 11) is 0. The van der Waals surface area contributed by atoms with Gasteiger partial charge in [0.15, 0.2) is 5.43 Å². The first-order valence-corrected chi connectivity index (χ1v) is 10.1. The molecule has 6 nitrogen and oxygen atoms in total. The van der Waals surface area contributed by atoms with Crippen LogP contribution in [0.15, 0.2) is 41.7 Å². The highest BCUT2D eigenvalue weighted by Crippen LogP contribution is 2.32. The quantitative estimate of drug-likeness (QED) is 0.305. The predicted molar refractivity (Wildman–Crippen MR) is 124 cm³/mol. The number of nitrogen functional groups attached to an aromatic ring is 1. The van der Waals surface area contributed by atoms with Crippen molar-refractivity contribution >= 4 is 38.9 Å². The molecule has 0 aliphatic heterocycles. The van der Waals surface area contributed by atoms with Gasteiger partial charge >= 0.3 is 0 Å². The zero-order valence-electron chi connectivity index (χ0n) is 17.5. The van der Waals surface area contributed by atoms with Gasteiger partial charge in [-0.2, -0.15) is 0 Å². The number of nitrogens with one attached hydrogen (secondary N) is 1. The number of hydrogen-bond donors (Lipinski definition) is 3. The van der Waals surface area contributed by atoms with Gasteiger partial charge in [-0.15, -0.1) is 0 Å². The van der Waals surface area contributed by atoms with E-state index in [1.807, 2.05) is 23.6 Å². The van der Waals surface area contributed by atoms with Crippen LogP contribution in [0.25, 0.3) is 27.5 Å². The van der Waals surface area contributed by atoms with Gasteiger partial charge in [-0.3, -0.25) is 4.79 Å². The summed E-state index contributed by atoms with van der Waals surface area (Å²) in [5.74, 6) is 0.0554. The number of allylic oxidation sites excluding steroid dienone is 1. The number of aromatic hydroxyl groups is 1. The average molecular weight is 395 g/mol. The molecule has 0 radical (unpaired) electrons. The van der Waals surface area contributed by atoms with E-state index >= 15 is 0 Å². The number of hydrogen-bond acceptors (Lipinski definition) is 5. The second kappa shape index (κ2) is 8.57. The lowest BCUT2D eigenvalue weighted by Gasteiger charge is -2.20. The molecular weight excluding hydrogens is 364 g/mol. The first-order chi connectivity index (χ1) is 13.9. The lowest BCUT2D eigenvalue weighted by atomic mass is 10.1. The third-order valence-electron chi connectivity index (χ3n) is 5.37. The van der Waals surface area contributed by atoms with Crippen LogP contribution in [-0.2, 0) is 0 Å². The van der Waals surface area contributed by atoms with Crippen LogP contribution in [0.3, 0.4) is 0 Å². The number of benzene rings is 2. The molecule has 1 aromatic heterocycles. The highest BCUT2D eigenvalue weighted by atomic mass is 16.3. The number of pyridine rings is 1. The zero-order chi connectivity index (χ0) is 21.1. The highest BCUT2D eigenvalue weighted by Gasteiger charge is 2.17. The molecule has 0 amide bonds. The minimum Gasteiger partial charge on any atom is -0.508 e. The third-order valence-corrected chi connectivity index (χ3v) is 5.37. The molecule has 29 heavy (non-hydrogen) atoms. The lowest BCUT2D eigenvalue weighted by molar-refractivity contribution is 0.303. The minimum atomic E-state index is -0.151. The summed E-state index contributed by atoms with van der Waals surface area (Å²) in [6.45, 7) is 14.1. The fourth-order valence-corrected chi connectivity index (χ4v) is 3.84. The van der Waals surface area contributed by atoms with Crippen LogP contribution < -0.4 is 16.5 Å². The van der Waals surface area contributed by atoms with E-state index in [1.165, 1.54) is 6.07 Å². The SMILES string of the molecule is C=C(C)n1c2ccc(O)cc2c(=O)c2c(NCCCN(CC)CC)ccc(N)c21. The standard InChI is InChI=1S/C23H30N4O2/c1-5-26(6-2)13-7-12-25-19-10-9-18(24)22-21(19)23(29)17-14-16(28)8-11-20(17)27(22)15(3)4/h8-11,14,25,28H,3,5-7,12-13,24H2,1-2,4H3. The Labute approximate surface area is 171 Å². The lowest BCUT2D eigenvalue weighted by Crippen LogP contribution is -2.25. The van der Waals surface area contributed by atoms with Gasteiger partial charge in [-0.25, -0.2) is 0 Å². The molecule has 0 saturated carbocycles. The number of rotatable bonds is 8. The van der Waals surface area contributed by atoms with E-state index in [-0.39, 0.29) is 11.2 Å². The van der Waals surface area contributed by atoms with E-state index in [2.05, 4.69) is 30.6 Å². The van der Waals surface area contributed by atoms with Crippen molar-refractivity contribution in [3.63, 3.8) is 0 Å². The van der Waals surface area contributed by atoms with Crippen LogP contribution >= 0.6 is 0 Å². The maximum Gasteiger partial charge on any atom is 0.199 e. The first-order valence-electron chi connectivity index (χ1n) is 10.1. The van der Waals surface area contributed by atoms with Crippen LogP contribution in [0.2, 0.25) is 0 Å². The van der Waals surface area contributed by atoms with Crippen LogP contribution in [0.5, 0.6) is 5.75 Å². The largest absolute Gasteiger partial charge is 0.508 e. The molecular formula is C23H30N4O2. The zero-order valence-corrected chi connectivity index (χ0v) is 17.5. The van der Waals surface area contributed by atoms with Crippen LogP contribution in [0.4, 0.5) is 11.4 Å². The Hall–Kier alpha value is -2.99. The summed E-state index contributed by atoms with van der Waals surface area (Å²) in [5.41, 5.74) is 9.49. The second-order valence-corrected chi connectivity index (χ2v) is 7.33. The molecule has 3 aromatic rings. The van der Waals surface area contributed by atoms with Crippen molar-refractivity contribution in [1.29, 1.82) is 0 Å². The van der Waals surface area contributed by atoms with Crippen molar-refractivity contribution in [2.45, 2.75) is 27.2 Å². The first kappa shape index (κ1) is 20.7. The number of phenolic OH excluding ortho intramolecular Hbond substituents is 1. The Morgan fingerprint density at radius 2 is 1.97 bits per heavy atom. The van der Waals surface area contributed by atoms with Crippen LogP contribution in [-0.4, -0.2) is 40.8 Å². The summed E-state index contributed by atoms with van der Waals surface area (Å²) >= 11 is 0. The van der Waals surface area contributed by atoms with Crippen LogP contribution in [0.1, 0.15) is 27.2 Å². The monoisotopic (exact) mass is 394 g/mol. The molecule has 0 fully saturated rings. The van der Waals surface area contributed by atoms with Gasteiger partial charge in [0.2, 0.25) is 0 Å². The van der Waals surface area contributed by atoms with E-state index in [4.69, 9.17) is 5.73 Å². The normalized spacial score (nSPS) is 11.4. The fourth-order valence-electron chi connectivity index (χ4n) is 3.84. The van der Waals surface area contributed by atoms with Gasteiger partial charge in [0.05, 0.1) is 27.5 Å². The Morgan fingerprint density at radius 1 is 1.24 bits per heavy atom. The second-order valence-electron chi connectivity index (χ2n) is 7.33. The Bertz CT molecular complexity index is 1110. The number of anilines is 2. The Morgan fingerprint density at radius 3 is 2.62 bits per heavy atom. The molecule has 2 aromatic carbocycles. The maximum atomic E-state index is 13.4. The summed E-state index contributed by atoms with van der Waals surface area (Å²) in [6, 6.07) is 8.47. The Balaban J connectivity index is 2.13. The third kappa shape index (κ3) is 3.93. The molecule has 1 heterocycles. The molecule has 0 spiro atoms. The minimum absolute atomic E-state index is 0.0554. The van der Waals surface area contributed by atoms with E-state index in [1.54, 1.807) is 12.1 Å². The number of nitrogens with two attached hydrogens (primary N) is 1. The van der Waals surface area contributed by atoms with Gasteiger partial charge in [0.1, 0.15) is 5.75 Å². The molecule has 0 aliphatic rings. The van der Waals surface area contributed by atoms with E-state index in [9.17, 15) is 9.90 Å². The topological polar surface area (TPSA) is 83.5 Å². The van der Waals surface area contributed by atoms with Gasteiger partial charge < -0.3 is 25.6 Å². The van der Waals surface area contributed by atoms with Crippen molar-refractivity contribution in [2.75, 3.05) is 37.2 Å². The molecule has 0 bridgehead atoms. The molecule has 0 saturated heterocycles. The molecule has 3 rings (SSSR count). The van der Waals surface area contributed by atoms with Gasteiger partial charge in [0, 0.05) is 17.9 Å². The van der Waals surface area contributed by atoms with Crippen molar-refractivity contribution in [2.24, 2.45) is 0 Å². The van der Waals surface area contributed by atoms with Crippen molar-refractivity contribution in [3.05, 3.63) is 47.1 Å². The smallest absolute Gasteiger partial charge is 0.199 e. The number of aromatic nitrogens is 1. The number of phenols is 1. The highest BCUT2D eigenvalue weighted by molar-refractivity contribution is 6.06. The Kier molecular flexibility index (Phi) is 6.13. The summed E-state index contributed by atoms with van der Waals surface area (Å²) in [4.78, 5) is 15.7. The van der Waals surface area contributed by atoms with E-state index < -0.39 is 0 Å². The summed E-state index contributed by atoms with van der Waals surface area (Å²) in [5, 5.41) is 14.3. The van der Waals surface area contributed by atoms with Gasteiger partial charge in [-0.1, -0.05) is 20.4 Å². The molecule has 0 atom stereocenters. The molecule has 0 aliphatic carbocycles.